The predicted molar refractivity (Wildman–Crippen MR) is 84.3 cm³/mol. The SMILES string of the molecule is CS(=O)(=O)Nc1ccc(C#Cc2cccc(C(=O)O)c2)cc1. The van der Waals surface area contributed by atoms with Crippen LogP contribution in [0.4, 0.5) is 5.69 Å². The maximum atomic E-state index is 11.1. The van der Waals surface area contributed by atoms with Crippen molar-refractivity contribution in [1.29, 1.82) is 0 Å². The van der Waals surface area contributed by atoms with Crippen molar-refractivity contribution < 1.29 is 18.3 Å². The summed E-state index contributed by atoms with van der Waals surface area (Å²) in [5.41, 5.74) is 1.93. The maximum Gasteiger partial charge on any atom is 0.335 e. The standard InChI is InChI=1S/C16H13NO4S/c1-22(20,21)17-15-9-7-12(8-10-15)5-6-13-3-2-4-14(11-13)16(18)19/h2-4,7-11,17H,1H3,(H,18,19). The molecule has 0 saturated carbocycles. The number of benzene rings is 2. The Morgan fingerprint density at radius 3 is 2.27 bits per heavy atom. The van der Waals surface area contributed by atoms with Crippen LogP contribution in [0.25, 0.3) is 0 Å². The molecule has 2 aromatic rings. The largest absolute Gasteiger partial charge is 0.478 e. The fraction of sp³-hybridized carbons (Fsp3) is 0.0625. The van der Waals surface area contributed by atoms with Gasteiger partial charge in [-0.3, -0.25) is 4.72 Å². The number of carboxylic acid groups (broad SMARTS) is 1. The van der Waals surface area contributed by atoms with Crippen LogP contribution in [0.1, 0.15) is 21.5 Å². The number of carboxylic acids is 1. The van der Waals surface area contributed by atoms with Gasteiger partial charge in [-0.1, -0.05) is 17.9 Å². The summed E-state index contributed by atoms with van der Waals surface area (Å²) in [5.74, 6) is 4.77. The van der Waals surface area contributed by atoms with Crippen molar-refractivity contribution in [2.24, 2.45) is 0 Å². The molecular formula is C16H13NO4S. The van der Waals surface area contributed by atoms with E-state index in [1.54, 1.807) is 36.4 Å². The van der Waals surface area contributed by atoms with Crippen LogP contribution in [0.5, 0.6) is 0 Å². The van der Waals surface area contributed by atoms with Crippen molar-refractivity contribution in [1.82, 2.24) is 0 Å². The third kappa shape index (κ3) is 4.65. The first kappa shape index (κ1) is 15.6. The molecule has 0 heterocycles. The molecular weight excluding hydrogens is 302 g/mol. The maximum absolute atomic E-state index is 11.1. The monoisotopic (exact) mass is 315 g/mol. The topological polar surface area (TPSA) is 83.5 Å². The first-order chi connectivity index (χ1) is 10.3. The van der Waals surface area contributed by atoms with Gasteiger partial charge in [0.05, 0.1) is 11.8 Å². The lowest BCUT2D eigenvalue weighted by molar-refractivity contribution is 0.0697. The molecule has 0 aromatic heterocycles. The Hall–Kier alpha value is -2.78. The van der Waals surface area contributed by atoms with Crippen molar-refractivity contribution in [3.63, 3.8) is 0 Å². The first-order valence-corrected chi connectivity index (χ1v) is 8.16. The Balaban J connectivity index is 2.18. The second kappa shape index (κ2) is 6.33. The molecule has 22 heavy (non-hydrogen) atoms. The second-order valence-electron chi connectivity index (χ2n) is 4.59. The van der Waals surface area contributed by atoms with E-state index in [0.29, 0.717) is 16.8 Å². The predicted octanol–water partition coefficient (Wildman–Crippen LogP) is 2.16. The number of nitrogens with one attached hydrogen (secondary N) is 1. The highest BCUT2D eigenvalue weighted by molar-refractivity contribution is 7.92. The fourth-order valence-electron chi connectivity index (χ4n) is 1.71. The van der Waals surface area contributed by atoms with Gasteiger partial charge in [0, 0.05) is 16.8 Å². The summed E-state index contributed by atoms with van der Waals surface area (Å²) >= 11 is 0. The highest BCUT2D eigenvalue weighted by Crippen LogP contribution is 2.10. The van der Waals surface area contributed by atoms with E-state index in [2.05, 4.69) is 16.6 Å². The molecule has 0 atom stereocenters. The Morgan fingerprint density at radius 1 is 1.05 bits per heavy atom. The van der Waals surface area contributed by atoms with E-state index in [1.807, 2.05) is 0 Å². The van der Waals surface area contributed by atoms with Gasteiger partial charge in [0.2, 0.25) is 10.0 Å². The van der Waals surface area contributed by atoms with E-state index >= 15 is 0 Å². The molecule has 0 amide bonds. The summed E-state index contributed by atoms with van der Waals surface area (Å²) in [6, 6.07) is 12.9. The van der Waals surface area contributed by atoms with Gasteiger partial charge in [0.25, 0.3) is 0 Å². The molecule has 2 aromatic carbocycles. The van der Waals surface area contributed by atoms with Gasteiger partial charge in [-0.25, -0.2) is 13.2 Å². The van der Waals surface area contributed by atoms with Crippen molar-refractivity contribution in [3.8, 4) is 11.8 Å². The number of hydrogen-bond acceptors (Lipinski definition) is 3. The van der Waals surface area contributed by atoms with Crippen LogP contribution < -0.4 is 4.72 Å². The van der Waals surface area contributed by atoms with Crippen LogP contribution in [-0.4, -0.2) is 25.7 Å². The van der Waals surface area contributed by atoms with Gasteiger partial charge >= 0.3 is 5.97 Å². The molecule has 0 aliphatic rings. The molecule has 0 unspecified atom stereocenters. The zero-order chi connectivity index (χ0) is 16.2. The molecule has 0 fully saturated rings. The third-order valence-electron chi connectivity index (χ3n) is 2.65. The van der Waals surface area contributed by atoms with E-state index in [0.717, 1.165) is 6.26 Å². The van der Waals surface area contributed by atoms with Crippen molar-refractivity contribution in [3.05, 3.63) is 65.2 Å². The van der Waals surface area contributed by atoms with E-state index in [-0.39, 0.29) is 5.56 Å². The number of carbonyl (C=O) groups is 1. The van der Waals surface area contributed by atoms with Crippen molar-refractivity contribution >= 4 is 21.7 Å². The smallest absolute Gasteiger partial charge is 0.335 e. The summed E-state index contributed by atoms with van der Waals surface area (Å²) in [5, 5.41) is 8.91. The zero-order valence-corrected chi connectivity index (χ0v) is 12.5. The number of hydrogen-bond donors (Lipinski definition) is 2. The molecule has 112 valence electrons. The van der Waals surface area contributed by atoms with Crippen LogP contribution in [0.3, 0.4) is 0 Å². The molecule has 0 bridgehead atoms. The second-order valence-corrected chi connectivity index (χ2v) is 6.34. The van der Waals surface area contributed by atoms with Gasteiger partial charge in [-0.15, -0.1) is 0 Å². The first-order valence-electron chi connectivity index (χ1n) is 6.27. The number of rotatable bonds is 3. The molecule has 0 aliphatic carbocycles. The zero-order valence-electron chi connectivity index (χ0n) is 11.7. The highest BCUT2D eigenvalue weighted by atomic mass is 32.2. The lowest BCUT2D eigenvalue weighted by atomic mass is 10.1. The summed E-state index contributed by atoms with van der Waals surface area (Å²) in [6.45, 7) is 0. The van der Waals surface area contributed by atoms with Crippen LogP contribution in [0.2, 0.25) is 0 Å². The molecule has 0 radical (unpaired) electrons. The Kier molecular flexibility index (Phi) is 4.49. The van der Waals surface area contributed by atoms with E-state index < -0.39 is 16.0 Å². The lowest BCUT2D eigenvalue weighted by Gasteiger charge is -2.02. The lowest BCUT2D eigenvalue weighted by Crippen LogP contribution is -2.09. The van der Waals surface area contributed by atoms with Gasteiger partial charge in [-0.05, 0) is 42.5 Å². The van der Waals surface area contributed by atoms with Gasteiger partial charge in [-0.2, -0.15) is 0 Å². The van der Waals surface area contributed by atoms with E-state index in [9.17, 15) is 13.2 Å². The fourth-order valence-corrected chi connectivity index (χ4v) is 2.27. The molecule has 5 nitrogen and oxygen atoms in total. The Bertz CT molecular complexity index is 859. The van der Waals surface area contributed by atoms with Gasteiger partial charge < -0.3 is 5.11 Å². The molecule has 0 saturated heterocycles. The summed E-state index contributed by atoms with van der Waals surface area (Å²) in [4.78, 5) is 10.9. The van der Waals surface area contributed by atoms with Crippen LogP contribution in [0.15, 0.2) is 48.5 Å². The minimum Gasteiger partial charge on any atom is -0.478 e. The highest BCUT2D eigenvalue weighted by Gasteiger charge is 2.02. The van der Waals surface area contributed by atoms with Crippen LogP contribution in [-0.2, 0) is 10.0 Å². The summed E-state index contributed by atoms with van der Waals surface area (Å²) < 4.78 is 24.6. The summed E-state index contributed by atoms with van der Waals surface area (Å²) in [7, 11) is -3.30. The Morgan fingerprint density at radius 2 is 1.68 bits per heavy atom. The minimum atomic E-state index is -3.30. The molecule has 0 aliphatic heterocycles. The van der Waals surface area contributed by atoms with Crippen molar-refractivity contribution in [2.75, 3.05) is 11.0 Å². The minimum absolute atomic E-state index is 0.180. The van der Waals surface area contributed by atoms with Gasteiger partial charge in [0.1, 0.15) is 0 Å². The van der Waals surface area contributed by atoms with Crippen LogP contribution in [0, 0.1) is 11.8 Å². The Labute approximate surface area is 128 Å². The van der Waals surface area contributed by atoms with Crippen LogP contribution >= 0.6 is 0 Å². The molecule has 6 heteroatoms. The normalized spacial score (nSPS) is 10.4. The molecule has 2 rings (SSSR count). The van der Waals surface area contributed by atoms with E-state index in [1.165, 1.54) is 12.1 Å². The number of anilines is 1. The third-order valence-corrected chi connectivity index (χ3v) is 3.26. The average Bonchev–Trinajstić information content (AvgIpc) is 2.45. The molecule has 2 N–H and O–H groups in total. The quantitative estimate of drug-likeness (QED) is 0.850. The van der Waals surface area contributed by atoms with Crippen molar-refractivity contribution in [2.45, 2.75) is 0 Å². The van der Waals surface area contributed by atoms with E-state index in [4.69, 9.17) is 5.11 Å². The average molecular weight is 315 g/mol. The number of sulfonamides is 1. The molecule has 0 spiro atoms. The number of aromatic carboxylic acids is 1. The van der Waals surface area contributed by atoms with Gasteiger partial charge in [0.15, 0.2) is 0 Å². The summed E-state index contributed by atoms with van der Waals surface area (Å²) in [6.07, 6.45) is 1.08.